The van der Waals surface area contributed by atoms with Gasteiger partial charge in [0.15, 0.2) is 0 Å². The summed E-state index contributed by atoms with van der Waals surface area (Å²) in [6, 6.07) is 45.4. The van der Waals surface area contributed by atoms with Crippen LogP contribution in [0.1, 0.15) is 0 Å². The van der Waals surface area contributed by atoms with E-state index in [4.69, 9.17) is 0 Å². The molecule has 0 bridgehead atoms. The summed E-state index contributed by atoms with van der Waals surface area (Å²) in [5.41, 5.74) is 4.56. The van der Waals surface area contributed by atoms with E-state index in [9.17, 15) is 51.9 Å². The Morgan fingerprint density at radius 1 is 0.309 bits per heavy atom. The highest BCUT2D eigenvalue weighted by Crippen LogP contribution is 2.43. The molecule has 0 aliphatic heterocycles. The van der Waals surface area contributed by atoms with Crippen LogP contribution in [0.3, 0.4) is 0 Å². The van der Waals surface area contributed by atoms with E-state index >= 15 is 0 Å². The first kappa shape index (κ1) is 45.7. The standard InChI is InChI=1S/2C24H16N2O6S2/c2*27-33(28,29)23-20(16-9-5-2-6-10-16)19-12-11-18-17(15-7-3-1-4-8-15)13-14-25-21(18)22(19)26-24(23)34(30,31)32/h2*1-14H,(H,27,28,29)(H,30,31,32). The van der Waals surface area contributed by atoms with E-state index in [0.717, 1.165) is 22.3 Å². The molecule has 20 heteroatoms. The van der Waals surface area contributed by atoms with Crippen LogP contribution in [-0.4, -0.2) is 71.8 Å². The number of fused-ring (bicyclic) bond motifs is 6. The Morgan fingerprint density at radius 3 is 0.897 bits per heavy atom. The highest BCUT2D eigenvalue weighted by atomic mass is 32.2. The lowest BCUT2D eigenvalue weighted by atomic mass is 9.96. The van der Waals surface area contributed by atoms with E-state index in [1.54, 1.807) is 97.1 Å². The van der Waals surface area contributed by atoms with Gasteiger partial charge in [-0.25, -0.2) is 9.97 Å². The van der Waals surface area contributed by atoms with Gasteiger partial charge in [0.2, 0.25) is 10.1 Å². The van der Waals surface area contributed by atoms with Gasteiger partial charge in [-0.15, -0.1) is 0 Å². The normalized spacial score (nSPS) is 12.3. The van der Waals surface area contributed by atoms with Gasteiger partial charge < -0.3 is 0 Å². The van der Waals surface area contributed by atoms with Crippen LogP contribution in [0.4, 0.5) is 0 Å². The first-order chi connectivity index (χ1) is 32.3. The number of benzene rings is 6. The van der Waals surface area contributed by atoms with Crippen molar-refractivity contribution in [2.45, 2.75) is 19.8 Å². The second-order valence-electron chi connectivity index (χ2n) is 15.0. The smallest absolute Gasteiger partial charge is 0.282 e. The molecule has 340 valence electrons. The SMILES string of the molecule is O=S(=O)(O)c1nc2c(ccc3c(-c4ccccc4)ccnc32)c(-c2ccccc2)c1S(=O)(=O)O.O=S(=O)(O)c1nc2c(ccc3c(-c4ccccc4)ccnc32)c(-c2ccccc2)c1S(=O)(=O)O. The van der Waals surface area contributed by atoms with E-state index in [-0.39, 0.29) is 32.9 Å². The number of hydrogen-bond donors (Lipinski definition) is 4. The molecule has 10 rings (SSSR count). The van der Waals surface area contributed by atoms with Gasteiger partial charge in [-0.3, -0.25) is 28.2 Å². The Morgan fingerprint density at radius 2 is 0.603 bits per heavy atom. The molecule has 4 N–H and O–H groups in total. The summed E-state index contributed by atoms with van der Waals surface area (Å²) in [4.78, 5) is 14.8. The predicted octanol–water partition coefficient (Wildman–Crippen LogP) is 9.22. The minimum absolute atomic E-state index is 0.0640. The van der Waals surface area contributed by atoms with Crippen molar-refractivity contribution in [2.24, 2.45) is 0 Å². The number of aromatic nitrogens is 4. The van der Waals surface area contributed by atoms with Gasteiger partial charge in [0.25, 0.3) is 20.2 Å². The van der Waals surface area contributed by atoms with Gasteiger partial charge in [-0.1, -0.05) is 146 Å². The average molecular weight is 985 g/mol. The fourth-order valence-electron chi connectivity index (χ4n) is 8.15. The molecule has 0 saturated carbocycles. The van der Waals surface area contributed by atoms with Gasteiger partial charge in [0, 0.05) is 45.1 Å². The van der Waals surface area contributed by atoms with Gasteiger partial charge in [-0.05, 0) is 45.5 Å². The quantitative estimate of drug-likeness (QED) is 0.0816. The summed E-state index contributed by atoms with van der Waals surface area (Å²) >= 11 is 0. The first-order valence-electron chi connectivity index (χ1n) is 19.9. The molecule has 0 unspecified atom stereocenters. The topological polar surface area (TPSA) is 269 Å². The molecule has 6 aromatic carbocycles. The van der Waals surface area contributed by atoms with Crippen molar-refractivity contribution in [3.8, 4) is 44.5 Å². The van der Waals surface area contributed by atoms with Crippen LogP contribution in [0, 0.1) is 0 Å². The predicted molar refractivity (Wildman–Crippen MR) is 255 cm³/mol. The molecule has 0 fully saturated rings. The van der Waals surface area contributed by atoms with Crippen LogP contribution in [-0.2, 0) is 40.5 Å². The molecule has 0 spiro atoms. The van der Waals surface area contributed by atoms with Gasteiger partial charge in [0.1, 0.15) is 9.79 Å². The summed E-state index contributed by atoms with van der Waals surface area (Å²) in [5, 5.41) is -0.545. The molecular weight excluding hydrogens is 953 g/mol. The van der Waals surface area contributed by atoms with Crippen LogP contribution in [0.5, 0.6) is 0 Å². The first-order valence-corrected chi connectivity index (χ1v) is 25.7. The van der Waals surface area contributed by atoms with Crippen LogP contribution in [0.25, 0.3) is 88.1 Å². The highest BCUT2D eigenvalue weighted by Gasteiger charge is 2.34. The molecule has 0 saturated heterocycles. The third-order valence-electron chi connectivity index (χ3n) is 10.9. The molecule has 0 amide bonds. The maximum absolute atomic E-state index is 12.4. The molecule has 0 atom stereocenters. The van der Waals surface area contributed by atoms with Crippen molar-refractivity contribution in [3.05, 3.63) is 170 Å². The summed E-state index contributed by atoms with van der Waals surface area (Å²) in [5.74, 6) is 0. The number of hydrogen-bond acceptors (Lipinski definition) is 12. The van der Waals surface area contributed by atoms with E-state index in [1.165, 1.54) is 12.4 Å². The molecule has 0 aliphatic carbocycles. The zero-order valence-electron chi connectivity index (χ0n) is 34.6. The Labute approximate surface area is 388 Å². The number of rotatable bonds is 8. The Kier molecular flexibility index (Phi) is 11.7. The van der Waals surface area contributed by atoms with E-state index < -0.39 is 60.3 Å². The molecule has 4 aromatic heterocycles. The van der Waals surface area contributed by atoms with Gasteiger partial charge in [-0.2, -0.15) is 33.7 Å². The van der Waals surface area contributed by atoms with E-state index in [0.29, 0.717) is 32.9 Å². The zero-order chi connectivity index (χ0) is 48.2. The summed E-state index contributed by atoms with van der Waals surface area (Å²) in [7, 11) is -20.5. The van der Waals surface area contributed by atoms with Crippen molar-refractivity contribution in [2.75, 3.05) is 0 Å². The maximum Gasteiger partial charge on any atom is 0.313 e. The molecule has 10 aromatic rings. The number of nitrogens with zero attached hydrogens (tertiary/aromatic N) is 4. The van der Waals surface area contributed by atoms with Crippen molar-refractivity contribution in [1.82, 2.24) is 19.9 Å². The van der Waals surface area contributed by atoms with Gasteiger partial charge >= 0.3 is 20.2 Å². The van der Waals surface area contributed by atoms with Crippen molar-refractivity contribution < 1.29 is 51.9 Å². The van der Waals surface area contributed by atoms with Crippen LogP contribution >= 0.6 is 0 Å². The zero-order valence-corrected chi connectivity index (χ0v) is 37.9. The molecule has 0 aliphatic rings. The molecule has 4 heterocycles. The fraction of sp³-hybridized carbons (Fsp3) is 0. The second-order valence-corrected chi connectivity index (χ2v) is 20.4. The highest BCUT2D eigenvalue weighted by molar-refractivity contribution is 7.89. The Bertz CT molecular complexity index is 3850. The molecule has 0 radical (unpaired) electrons. The minimum atomic E-state index is -5.15. The lowest BCUT2D eigenvalue weighted by molar-refractivity contribution is 0.463. The van der Waals surface area contributed by atoms with Gasteiger partial charge in [0.05, 0.1) is 22.1 Å². The number of pyridine rings is 4. The van der Waals surface area contributed by atoms with Crippen LogP contribution < -0.4 is 0 Å². The van der Waals surface area contributed by atoms with Crippen molar-refractivity contribution in [3.63, 3.8) is 0 Å². The monoisotopic (exact) mass is 984 g/mol. The third kappa shape index (κ3) is 8.57. The van der Waals surface area contributed by atoms with Crippen molar-refractivity contribution >= 4 is 84.1 Å². The Balaban J connectivity index is 0.000000170. The largest absolute Gasteiger partial charge is 0.313 e. The molecule has 16 nitrogen and oxygen atoms in total. The maximum atomic E-state index is 12.4. The Hall–Kier alpha value is -7.40. The average Bonchev–Trinajstić information content (AvgIpc) is 3.32. The molecule has 68 heavy (non-hydrogen) atoms. The third-order valence-corrected chi connectivity index (χ3v) is 14.5. The summed E-state index contributed by atoms with van der Waals surface area (Å²) in [6.07, 6.45) is 3.08. The van der Waals surface area contributed by atoms with Crippen LogP contribution in [0.2, 0.25) is 0 Å². The molecular formula is C48H32N4O12S4. The lowest BCUT2D eigenvalue weighted by Crippen LogP contribution is -2.13. The van der Waals surface area contributed by atoms with Crippen LogP contribution in [0.15, 0.2) is 190 Å². The van der Waals surface area contributed by atoms with E-state index in [1.807, 2.05) is 60.7 Å². The fourth-order valence-corrected chi connectivity index (χ4v) is 12.0. The minimum Gasteiger partial charge on any atom is -0.282 e. The second kappa shape index (κ2) is 17.4. The van der Waals surface area contributed by atoms with Crippen molar-refractivity contribution in [1.29, 1.82) is 0 Å². The lowest BCUT2D eigenvalue weighted by Gasteiger charge is -2.16. The summed E-state index contributed by atoms with van der Waals surface area (Å²) in [6.45, 7) is 0. The summed E-state index contributed by atoms with van der Waals surface area (Å²) < 4.78 is 138. The van der Waals surface area contributed by atoms with E-state index in [2.05, 4.69) is 19.9 Å².